The van der Waals surface area contributed by atoms with Crippen molar-refractivity contribution in [2.24, 2.45) is 0 Å². The van der Waals surface area contributed by atoms with Crippen LogP contribution in [0.1, 0.15) is 11.1 Å². The highest BCUT2D eigenvalue weighted by atomic mass is 35.5. The van der Waals surface area contributed by atoms with E-state index in [1.807, 2.05) is 38.1 Å². The first-order chi connectivity index (χ1) is 13.9. The van der Waals surface area contributed by atoms with Crippen LogP contribution >= 0.6 is 11.6 Å². The molecule has 0 spiro atoms. The molecule has 2 heterocycles. The normalized spacial score (nSPS) is 11.0. The van der Waals surface area contributed by atoms with Crippen molar-refractivity contribution in [2.45, 2.75) is 20.4 Å². The van der Waals surface area contributed by atoms with Gasteiger partial charge < -0.3 is 5.32 Å². The van der Waals surface area contributed by atoms with E-state index in [1.54, 1.807) is 22.9 Å². The molecular weight excluding hydrogens is 390 g/mol. The Bertz CT molecular complexity index is 1290. The van der Waals surface area contributed by atoms with Crippen molar-refractivity contribution >= 4 is 34.2 Å². The number of aromatic nitrogens is 4. The third kappa shape index (κ3) is 3.77. The molecule has 8 heteroatoms. The second-order valence-corrected chi connectivity index (χ2v) is 7.26. The van der Waals surface area contributed by atoms with Crippen LogP contribution in [0.5, 0.6) is 0 Å². The summed E-state index contributed by atoms with van der Waals surface area (Å²) in [5, 5.41) is 7.99. The summed E-state index contributed by atoms with van der Waals surface area (Å²) in [4.78, 5) is 29.6. The molecule has 0 aliphatic heterocycles. The molecule has 0 unspecified atom stereocenters. The quantitative estimate of drug-likeness (QED) is 0.561. The highest BCUT2D eigenvalue weighted by Crippen LogP contribution is 2.21. The fourth-order valence-electron chi connectivity index (χ4n) is 3.13. The van der Waals surface area contributed by atoms with Crippen LogP contribution in [0, 0.1) is 13.8 Å². The van der Waals surface area contributed by atoms with Crippen molar-refractivity contribution in [3.63, 3.8) is 0 Å². The minimum absolute atomic E-state index is 0.142. The van der Waals surface area contributed by atoms with E-state index in [2.05, 4.69) is 15.4 Å². The van der Waals surface area contributed by atoms with Crippen LogP contribution in [-0.2, 0) is 11.3 Å². The number of carbonyl (C=O) groups excluding carboxylic acids is 1. The van der Waals surface area contributed by atoms with Gasteiger partial charge in [-0.05, 0) is 49.2 Å². The molecule has 29 heavy (non-hydrogen) atoms. The monoisotopic (exact) mass is 407 g/mol. The van der Waals surface area contributed by atoms with Gasteiger partial charge in [0.25, 0.3) is 5.56 Å². The molecule has 0 aliphatic rings. The van der Waals surface area contributed by atoms with Crippen LogP contribution in [0.2, 0.25) is 5.02 Å². The fourth-order valence-corrected chi connectivity index (χ4v) is 3.29. The number of carbonyl (C=O) groups is 1. The molecule has 146 valence electrons. The van der Waals surface area contributed by atoms with Crippen molar-refractivity contribution in [3.8, 4) is 5.69 Å². The average molecular weight is 408 g/mol. The lowest BCUT2D eigenvalue weighted by Gasteiger charge is -2.09. The standard InChI is InChI=1S/C21H18ClN5O2/c1-13-4-3-5-16(8-13)25-19(28)11-26-12-23-20-17(21(26)29)10-24-27(20)18-9-15(22)7-6-14(18)2/h3-10,12H,11H2,1-2H3,(H,25,28). The number of halogens is 1. The van der Waals surface area contributed by atoms with Gasteiger partial charge in [-0.1, -0.05) is 29.8 Å². The topological polar surface area (TPSA) is 81.8 Å². The third-order valence-electron chi connectivity index (χ3n) is 4.57. The zero-order chi connectivity index (χ0) is 20.5. The Kier molecular flexibility index (Phi) is 4.90. The number of amides is 1. The first-order valence-electron chi connectivity index (χ1n) is 8.98. The largest absolute Gasteiger partial charge is 0.325 e. The Morgan fingerprint density at radius 3 is 2.79 bits per heavy atom. The smallest absolute Gasteiger partial charge is 0.264 e. The number of aryl methyl sites for hydroxylation is 2. The SMILES string of the molecule is Cc1cccc(NC(=O)Cn2cnc3c(cnn3-c3cc(Cl)ccc3C)c2=O)c1. The number of hydrogen-bond acceptors (Lipinski definition) is 4. The molecule has 2 aromatic carbocycles. The van der Waals surface area contributed by atoms with Gasteiger partial charge in [0.1, 0.15) is 18.3 Å². The molecule has 0 bridgehead atoms. The van der Waals surface area contributed by atoms with E-state index in [-0.39, 0.29) is 18.0 Å². The van der Waals surface area contributed by atoms with Gasteiger partial charge in [-0.25, -0.2) is 9.67 Å². The number of fused-ring (bicyclic) bond motifs is 1. The number of hydrogen-bond donors (Lipinski definition) is 1. The number of rotatable bonds is 4. The summed E-state index contributed by atoms with van der Waals surface area (Å²) in [6.07, 6.45) is 2.82. The van der Waals surface area contributed by atoms with E-state index < -0.39 is 0 Å². The van der Waals surface area contributed by atoms with Crippen molar-refractivity contribution in [3.05, 3.63) is 81.5 Å². The lowest BCUT2D eigenvalue weighted by Crippen LogP contribution is -2.27. The Balaban J connectivity index is 1.64. The summed E-state index contributed by atoms with van der Waals surface area (Å²) in [6.45, 7) is 3.73. The van der Waals surface area contributed by atoms with Crippen LogP contribution in [0.3, 0.4) is 0 Å². The Labute approximate surface area is 171 Å². The molecular formula is C21H18ClN5O2. The average Bonchev–Trinajstić information content (AvgIpc) is 3.10. The number of benzene rings is 2. The van der Waals surface area contributed by atoms with Crippen molar-refractivity contribution in [1.82, 2.24) is 19.3 Å². The number of nitrogens with zero attached hydrogens (tertiary/aromatic N) is 4. The molecule has 0 aliphatic carbocycles. The van der Waals surface area contributed by atoms with Gasteiger partial charge in [0.15, 0.2) is 5.65 Å². The second kappa shape index (κ2) is 7.52. The Hall–Kier alpha value is -3.45. The molecule has 0 saturated carbocycles. The van der Waals surface area contributed by atoms with Crippen LogP contribution < -0.4 is 10.9 Å². The minimum Gasteiger partial charge on any atom is -0.325 e. The van der Waals surface area contributed by atoms with Gasteiger partial charge in [0.2, 0.25) is 5.91 Å². The first kappa shape index (κ1) is 18.9. The first-order valence-corrected chi connectivity index (χ1v) is 9.36. The molecule has 1 N–H and O–H groups in total. The van der Waals surface area contributed by atoms with Crippen LogP contribution in [0.25, 0.3) is 16.7 Å². The van der Waals surface area contributed by atoms with Gasteiger partial charge in [-0.2, -0.15) is 5.10 Å². The zero-order valence-electron chi connectivity index (χ0n) is 15.9. The van der Waals surface area contributed by atoms with Crippen LogP contribution in [-0.4, -0.2) is 25.2 Å². The van der Waals surface area contributed by atoms with E-state index in [9.17, 15) is 9.59 Å². The van der Waals surface area contributed by atoms with Gasteiger partial charge >= 0.3 is 0 Å². The summed E-state index contributed by atoms with van der Waals surface area (Å²) in [6, 6.07) is 12.9. The predicted molar refractivity (Wildman–Crippen MR) is 113 cm³/mol. The molecule has 2 aromatic heterocycles. The summed E-state index contributed by atoms with van der Waals surface area (Å²) >= 11 is 6.10. The van der Waals surface area contributed by atoms with Gasteiger partial charge in [0.05, 0.1) is 11.9 Å². The third-order valence-corrected chi connectivity index (χ3v) is 4.80. The van der Waals surface area contributed by atoms with E-state index >= 15 is 0 Å². The molecule has 4 rings (SSSR count). The maximum Gasteiger partial charge on any atom is 0.264 e. The van der Waals surface area contributed by atoms with E-state index in [0.29, 0.717) is 21.7 Å². The van der Waals surface area contributed by atoms with E-state index in [0.717, 1.165) is 16.8 Å². The zero-order valence-corrected chi connectivity index (χ0v) is 16.6. The molecule has 4 aromatic rings. The number of nitrogens with one attached hydrogen (secondary N) is 1. The molecule has 1 amide bonds. The highest BCUT2D eigenvalue weighted by molar-refractivity contribution is 6.30. The van der Waals surface area contributed by atoms with Gasteiger partial charge in [0, 0.05) is 10.7 Å². The highest BCUT2D eigenvalue weighted by Gasteiger charge is 2.14. The molecule has 0 fully saturated rings. The molecule has 0 radical (unpaired) electrons. The maximum atomic E-state index is 12.8. The summed E-state index contributed by atoms with van der Waals surface area (Å²) in [5.74, 6) is -0.308. The number of anilines is 1. The molecule has 0 saturated heterocycles. The van der Waals surface area contributed by atoms with Crippen molar-refractivity contribution in [2.75, 3.05) is 5.32 Å². The van der Waals surface area contributed by atoms with Crippen molar-refractivity contribution in [1.29, 1.82) is 0 Å². The maximum absolute atomic E-state index is 12.8. The minimum atomic E-state index is -0.333. The Morgan fingerprint density at radius 2 is 2.00 bits per heavy atom. The lowest BCUT2D eigenvalue weighted by molar-refractivity contribution is -0.116. The van der Waals surface area contributed by atoms with Gasteiger partial charge in [-0.15, -0.1) is 0 Å². The second-order valence-electron chi connectivity index (χ2n) is 6.82. The van der Waals surface area contributed by atoms with Crippen LogP contribution in [0.15, 0.2) is 59.8 Å². The lowest BCUT2D eigenvalue weighted by atomic mass is 10.2. The van der Waals surface area contributed by atoms with E-state index in [4.69, 9.17) is 11.6 Å². The molecule has 0 atom stereocenters. The summed E-state index contributed by atoms with van der Waals surface area (Å²) in [5.41, 5.74) is 3.49. The molecule has 7 nitrogen and oxygen atoms in total. The van der Waals surface area contributed by atoms with Crippen LogP contribution in [0.4, 0.5) is 5.69 Å². The Morgan fingerprint density at radius 1 is 1.17 bits per heavy atom. The van der Waals surface area contributed by atoms with E-state index in [1.165, 1.54) is 17.1 Å². The van der Waals surface area contributed by atoms with Crippen molar-refractivity contribution < 1.29 is 4.79 Å². The van der Waals surface area contributed by atoms with Gasteiger partial charge in [-0.3, -0.25) is 14.2 Å². The summed E-state index contributed by atoms with van der Waals surface area (Å²) < 4.78 is 2.85. The fraction of sp³-hybridized carbons (Fsp3) is 0.143. The summed E-state index contributed by atoms with van der Waals surface area (Å²) in [7, 11) is 0. The predicted octanol–water partition coefficient (Wildman–Crippen LogP) is 3.49.